The van der Waals surface area contributed by atoms with Gasteiger partial charge in [-0.2, -0.15) is 0 Å². The van der Waals surface area contributed by atoms with E-state index < -0.39 is 0 Å². The number of amides is 1. The second kappa shape index (κ2) is 5.73. The van der Waals surface area contributed by atoms with Crippen LogP contribution in [0.4, 0.5) is 0 Å². The molecule has 4 heterocycles. The summed E-state index contributed by atoms with van der Waals surface area (Å²) in [6.07, 6.45) is 7.34. The van der Waals surface area contributed by atoms with Crippen molar-refractivity contribution in [2.24, 2.45) is 0 Å². The minimum absolute atomic E-state index is 0.0827. The van der Waals surface area contributed by atoms with Gasteiger partial charge in [-0.1, -0.05) is 0 Å². The number of thiazole rings is 1. The van der Waals surface area contributed by atoms with Crippen molar-refractivity contribution in [3.05, 3.63) is 46.7 Å². The van der Waals surface area contributed by atoms with E-state index >= 15 is 0 Å². The molecule has 6 nitrogen and oxygen atoms in total. The lowest BCUT2D eigenvalue weighted by atomic mass is 9.94. The minimum Gasteiger partial charge on any atom is -0.337 e. The molecule has 1 atom stereocenters. The fraction of sp³-hybridized carbons (Fsp3) is 0.375. The van der Waals surface area contributed by atoms with Crippen LogP contribution in [0.5, 0.6) is 0 Å². The number of aromatic nitrogens is 4. The molecule has 7 heteroatoms. The number of carbonyl (C=O) groups is 1. The number of hydrogen-bond acceptors (Lipinski definition) is 5. The molecule has 118 valence electrons. The predicted octanol–water partition coefficient (Wildman–Crippen LogP) is 2.51. The highest BCUT2D eigenvalue weighted by Gasteiger charge is 2.27. The fourth-order valence-corrected chi connectivity index (χ4v) is 3.78. The number of likely N-dealkylation sites (tertiary alicyclic amines) is 1. The molecule has 1 saturated heterocycles. The van der Waals surface area contributed by atoms with Crippen LogP contribution in [0.3, 0.4) is 0 Å². The van der Waals surface area contributed by atoms with Gasteiger partial charge in [-0.15, -0.1) is 11.3 Å². The maximum Gasteiger partial charge on any atom is 0.265 e. The van der Waals surface area contributed by atoms with Crippen LogP contribution < -0.4 is 0 Å². The average molecular weight is 327 g/mol. The highest BCUT2D eigenvalue weighted by atomic mass is 32.1. The van der Waals surface area contributed by atoms with Crippen molar-refractivity contribution in [2.75, 3.05) is 13.1 Å². The number of imidazole rings is 1. The molecule has 3 aromatic heterocycles. The number of rotatable bonds is 2. The van der Waals surface area contributed by atoms with Gasteiger partial charge in [0, 0.05) is 24.7 Å². The zero-order valence-electron chi connectivity index (χ0n) is 12.8. The van der Waals surface area contributed by atoms with Gasteiger partial charge in [-0.25, -0.2) is 9.97 Å². The number of fused-ring (bicyclic) bond motifs is 1. The number of nitrogens with zero attached hydrogens (tertiary/aromatic N) is 5. The van der Waals surface area contributed by atoms with Gasteiger partial charge in [-0.3, -0.25) is 14.2 Å². The molecule has 0 N–H and O–H groups in total. The molecule has 1 fully saturated rings. The topological polar surface area (TPSA) is 63.4 Å². The van der Waals surface area contributed by atoms with Crippen molar-refractivity contribution in [1.82, 2.24) is 24.3 Å². The zero-order valence-corrected chi connectivity index (χ0v) is 13.7. The molecule has 23 heavy (non-hydrogen) atoms. The third-order valence-corrected chi connectivity index (χ3v) is 5.13. The number of piperidine rings is 1. The Hall–Kier alpha value is -2.28. The first-order valence-electron chi connectivity index (χ1n) is 7.70. The van der Waals surface area contributed by atoms with Crippen LogP contribution in [-0.4, -0.2) is 43.2 Å². The molecule has 0 bridgehead atoms. The Morgan fingerprint density at radius 1 is 1.35 bits per heavy atom. The Labute approximate surface area is 137 Å². The lowest BCUT2D eigenvalue weighted by Crippen LogP contribution is -2.39. The summed E-state index contributed by atoms with van der Waals surface area (Å²) in [5, 5.41) is 0. The monoisotopic (exact) mass is 327 g/mol. The summed E-state index contributed by atoms with van der Waals surface area (Å²) in [4.78, 5) is 28.1. The van der Waals surface area contributed by atoms with Crippen molar-refractivity contribution < 1.29 is 4.79 Å². The summed E-state index contributed by atoms with van der Waals surface area (Å²) in [7, 11) is 0. The van der Waals surface area contributed by atoms with Crippen LogP contribution in [-0.2, 0) is 0 Å². The minimum atomic E-state index is 0.0827. The zero-order chi connectivity index (χ0) is 15.8. The molecule has 3 aromatic rings. The van der Waals surface area contributed by atoms with E-state index in [1.165, 1.54) is 11.3 Å². The van der Waals surface area contributed by atoms with Crippen molar-refractivity contribution in [3.63, 3.8) is 0 Å². The van der Waals surface area contributed by atoms with Gasteiger partial charge in [0.15, 0.2) is 0 Å². The van der Waals surface area contributed by atoms with Gasteiger partial charge in [0.2, 0.25) is 0 Å². The lowest BCUT2D eigenvalue weighted by Gasteiger charge is -2.32. The first kappa shape index (κ1) is 14.3. The third kappa shape index (κ3) is 2.61. The Morgan fingerprint density at radius 3 is 3.09 bits per heavy atom. The Morgan fingerprint density at radius 2 is 2.26 bits per heavy atom. The van der Waals surface area contributed by atoms with Gasteiger partial charge in [0.25, 0.3) is 5.91 Å². The van der Waals surface area contributed by atoms with Crippen LogP contribution in [0.15, 0.2) is 30.3 Å². The molecular weight excluding hydrogens is 310 g/mol. The number of aryl methyl sites for hydroxylation is 1. The smallest absolute Gasteiger partial charge is 0.265 e. The van der Waals surface area contributed by atoms with Crippen molar-refractivity contribution in [3.8, 4) is 0 Å². The molecular formula is C16H17N5OS. The van der Waals surface area contributed by atoms with E-state index in [1.54, 1.807) is 18.0 Å². The molecule has 1 aliphatic rings. The van der Waals surface area contributed by atoms with Crippen LogP contribution in [0, 0.1) is 6.92 Å². The van der Waals surface area contributed by atoms with E-state index in [0.717, 1.165) is 36.4 Å². The average Bonchev–Trinajstić information content (AvgIpc) is 3.25. The summed E-state index contributed by atoms with van der Waals surface area (Å²) >= 11 is 1.40. The SMILES string of the molecule is Cc1nc(C2CCCN(C(=O)c3cncs3)C2)cc2cncn12. The van der Waals surface area contributed by atoms with Gasteiger partial charge in [0.05, 0.1) is 23.4 Å². The molecule has 0 saturated carbocycles. The maximum atomic E-state index is 12.5. The van der Waals surface area contributed by atoms with Gasteiger partial charge in [-0.05, 0) is 25.8 Å². The summed E-state index contributed by atoms with van der Waals surface area (Å²) < 4.78 is 1.98. The normalized spacial score (nSPS) is 18.5. The van der Waals surface area contributed by atoms with Crippen LogP contribution in [0.25, 0.3) is 5.52 Å². The second-order valence-corrected chi connectivity index (χ2v) is 6.76. The molecule has 0 aromatic carbocycles. The van der Waals surface area contributed by atoms with Crippen LogP contribution >= 0.6 is 11.3 Å². The molecule has 0 aliphatic carbocycles. The molecule has 0 spiro atoms. The summed E-state index contributed by atoms with van der Waals surface area (Å²) in [5.41, 5.74) is 3.81. The van der Waals surface area contributed by atoms with Gasteiger partial charge in [0.1, 0.15) is 17.0 Å². The Balaban J connectivity index is 1.60. The fourth-order valence-electron chi connectivity index (χ4n) is 3.20. The van der Waals surface area contributed by atoms with E-state index in [4.69, 9.17) is 4.98 Å². The largest absolute Gasteiger partial charge is 0.337 e. The Kier molecular flexibility index (Phi) is 3.57. The highest BCUT2D eigenvalue weighted by molar-refractivity contribution is 7.11. The summed E-state index contributed by atoms with van der Waals surface area (Å²) in [5.74, 6) is 1.29. The molecule has 0 radical (unpaired) electrons. The molecule has 1 unspecified atom stereocenters. The molecule has 4 rings (SSSR count). The third-order valence-electron chi connectivity index (χ3n) is 4.37. The van der Waals surface area contributed by atoms with Crippen LogP contribution in [0.1, 0.15) is 39.9 Å². The molecule has 1 amide bonds. The van der Waals surface area contributed by atoms with Crippen molar-refractivity contribution in [1.29, 1.82) is 0 Å². The first-order valence-corrected chi connectivity index (χ1v) is 8.57. The van der Waals surface area contributed by atoms with Crippen molar-refractivity contribution >= 4 is 22.8 Å². The number of carbonyl (C=O) groups excluding carboxylic acids is 1. The van der Waals surface area contributed by atoms with Crippen LogP contribution in [0.2, 0.25) is 0 Å². The second-order valence-electron chi connectivity index (χ2n) is 5.87. The number of hydrogen-bond donors (Lipinski definition) is 0. The summed E-state index contributed by atoms with van der Waals surface area (Å²) in [6.45, 7) is 3.51. The summed E-state index contributed by atoms with van der Waals surface area (Å²) in [6, 6.07) is 2.09. The van der Waals surface area contributed by atoms with E-state index in [2.05, 4.69) is 16.0 Å². The van der Waals surface area contributed by atoms with Crippen molar-refractivity contribution in [2.45, 2.75) is 25.7 Å². The van der Waals surface area contributed by atoms with E-state index in [-0.39, 0.29) is 11.8 Å². The maximum absolute atomic E-state index is 12.5. The van der Waals surface area contributed by atoms with Gasteiger partial charge < -0.3 is 4.90 Å². The quantitative estimate of drug-likeness (QED) is 0.725. The predicted molar refractivity (Wildman–Crippen MR) is 87.7 cm³/mol. The Bertz CT molecular complexity index is 841. The molecule has 1 aliphatic heterocycles. The van der Waals surface area contributed by atoms with Gasteiger partial charge >= 0.3 is 0 Å². The first-order chi connectivity index (χ1) is 11.2. The highest BCUT2D eigenvalue weighted by Crippen LogP contribution is 2.28. The lowest BCUT2D eigenvalue weighted by molar-refractivity contribution is 0.0710. The van der Waals surface area contributed by atoms with E-state index in [9.17, 15) is 4.79 Å². The van der Waals surface area contributed by atoms with E-state index in [1.807, 2.05) is 22.4 Å². The van der Waals surface area contributed by atoms with E-state index in [0.29, 0.717) is 11.4 Å². The standard InChI is InChI=1S/C16H17N5OS/c1-11-19-14(5-13-6-17-9-21(11)13)12-3-2-4-20(8-12)16(22)15-7-18-10-23-15/h5-7,9-10,12H,2-4,8H2,1H3.